The highest BCUT2D eigenvalue weighted by Crippen LogP contribution is 2.35. The van der Waals surface area contributed by atoms with E-state index in [0.717, 1.165) is 0 Å². The van der Waals surface area contributed by atoms with Crippen molar-refractivity contribution >= 4 is 21.1 Å². The normalized spacial score (nSPS) is 14.6. The van der Waals surface area contributed by atoms with Crippen LogP contribution in [-0.4, -0.2) is 67.7 Å². The Bertz CT molecular complexity index is 640. The Morgan fingerprint density at radius 1 is 0.926 bits per heavy atom. The molecule has 0 amide bonds. The SMILES string of the molecule is C[C@@H](COc1cc(OC[C@H](C)OCP(=O)(O)O)nc(N)n1)OCP(=O)(O)O. The third-order valence-electron chi connectivity index (χ3n) is 2.68. The highest BCUT2D eigenvalue weighted by Gasteiger charge is 2.17. The first-order chi connectivity index (χ1) is 12.3. The first kappa shape index (κ1) is 23.7. The quantitative estimate of drug-likeness (QED) is 0.275. The first-order valence-electron chi connectivity index (χ1n) is 7.56. The van der Waals surface area contributed by atoms with Crippen LogP contribution < -0.4 is 15.2 Å². The maximum atomic E-state index is 10.7. The maximum Gasteiger partial charge on any atom is 0.350 e. The van der Waals surface area contributed by atoms with Crippen molar-refractivity contribution < 1.29 is 47.7 Å². The van der Waals surface area contributed by atoms with Crippen molar-refractivity contribution in [3.8, 4) is 11.8 Å². The van der Waals surface area contributed by atoms with Gasteiger partial charge in [0.2, 0.25) is 17.7 Å². The zero-order valence-corrected chi connectivity index (χ0v) is 16.5. The summed E-state index contributed by atoms with van der Waals surface area (Å²) < 4.78 is 42.1. The zero-order valence-electron chi connectivity index (χ0n) is 14.7. The van der Waals surface area contributed by atoms with Gasteiger partial charge in [-0.3, -0.25) is 9.13 Å². The molecule has 0 spiro atoms. The van der Waals surface area contributed by atoms with E-state index in [1.54, 1.807) is 13.8 Å². The second-order valence-corrected chi connectivity index (χ2v) is 8.74. The van der Waals surface area contributed by atoms with Gasteiger partial charge in [-0.25, -0.2) is 0 Å². The molecule has 27 heavy (non-hydrogen) atoms. The van der Waals surface area contributed by atoms with E-state index in [0.29, 0.717) is 0 Å². The number of hydrogen-bond donors (Lipinski definition) is 5. The van der Waals surface area contributed by atoms with Gasteiger partial charge in [0.1, 0.15) is 25.9 Å². The van der Waals surface area contributed by atoms with Gasteiger partial charge in [-0.2, -0.15) is 9.97 Å². The number of nitrogens with two attached hydrogens (primary N) is 1. The van der Waals surface area contributed by atoms with Crippen LogP contribution in [0.3, 0.4) is 0 Å². The molecule has 0 aliphatic carbocycles. The van der Waals surface area contributed by atoms with Crippen LogP contribution in [0.15, 0.2) is 6.07 Å². The fraction of sp³-hybridized carbons (Fsp3) is 0.667. The minimum Gasteiger partial charge on any atom is -0.475 e. The molecule has 0 aliphatic heterocycles. The molecule has 0 fully saturated rings. The molecular weight excluding hydrogens is 408 g/mol. The lowest BCUT2D eigenvalue weighted by molar-refractivity contribution is 0.0466. The lowest BCUT2D eigenvalue weighted by atomic mass is 10.4. The minimum atomic E-state index is -4.27. The molecule has 1 aromatic rings. The molecule has 0 bridgehead atoms. The van der Waals surface area contributed by atoms with Crippen LogP contribution in [0, 0.1) is 0 Å². The highest BCUT2D eigenvalue weighted by atomic mass is 31.2. The van der Waals surface area contributed by atoms with Gasteiger partial charge in [-0.1, -0.05) is 0 Å². The van der Waals surface area contributed by atoms with E-state index < -0.39 is 40.1 Å². The molecular formula is C12H23N3O10P2. The van der Waals surface area contributed by atoms with Gasteiger partial charge in [0.05, 0.1) is 18.3 Å². The van der Waals surface area contributed by atoms with E-state index in [4.69, 9.17) is 44.3 Å². The van der Waals surface area contributed by atoms with Gasteiger partial charge in [-0.15, -0.1) is 0 Å². The van der Waals surface area contributed by atoms with E-state index in [1.807, 2.05) is 0 Å². The van der Waals surface area contributed by atoms with Gasteiger partial charge in [0.25, 0.3) is 0 Å². The predicted octanol–water partition coefficient (Wildman–Crippen LogP) is -0.103. The molecule has 0 radical (unpaired) electrons. The van der Waals surface area contributed by atoms with Crippen LogP contribution in [0.25, 0.3) is 0 Å². The second kappa shape index (κ2) is 10.3. The van der Waals surface area contributed by atoms with Crippen molar-refractivity contribution in [1.29, 1.82) is 0 Å². The van der Waals surface area contributed by atoms with Crippen LogP contribution in [0.4, 0.5) is 5.95 Å². The number of rotatable bonds is 12. The fourth-order valence-electron chi connectivity index (χ4n) is 1.52. The van der Waals surface area contributed by atoms with Crippen molar-refractivity contribution in [3.05, 3.63) is 6.07 Å². The number of anilines is 1. The summed E-state index contributed by atoms with van der Waals surface area (Å²) in [6, 6.07) is 1.32. The van der Waals surface area contributed by atoms with Crippen molar-refractivity contribution in [2.75, 3.05) is 31.6 Å². The predicted molar refractivity (Wildman–Crippen MR) is 92.4 cm³/mol. The Balaban J connectivity index is 2.51. The lowest BCUT2D eigenvalue weighted by Gasteiger charge is -2.16. The number of nitrogens with zero attached hydrogens (tertiary/aromatic N) is 2. The summed E-state index contributed by atoms with van der Waals surface area (Å²) in [7, 11) is -8.54. The van der Waals surface area contributed by atoms with Gasteiger partial charge < -0.3 is 44.3 Å². The summed E-state index contributed by atoms with van der Waals surface area (Å²) in [5.41, 5.74) is 5.55. The Kier molecular flexibility index (Phi) is 9.06. The van der Waals surface area contributed by atoms with Crippen LogP contribution in [-0.2, 0) is 18.6 Å². The first-order valence-corrected chi connectivity index (χ1v) is 11.2. The number of aromatic nitrogens is 2. The third-order valence-corrected chi connectivity index (χ3v) is 3.65. The minimum absolute atomic E-state index is 0.0490. The molecule has 0 saturated heterocycles. The van der Waals surface area contributed by atoms with Crippen LogP contribution in [0.5, 0.6) is 11.8 Å². The summed E-state index contributed by atoms with van der Waals surface area (Å²) in [5, 5.41) is 0. The second-order valence-electron chi connectivity index (χ2n) is 5.57. The van der Waals surface area contributed by atoms with Crippen LogP contribution in [0.2, 0.25) is 0 Å². The Hall–Kier alpha value is -1.30. The summed E-state index contributed by atoms with van der Waals surface area (Å²) in [6.45, 7) is 2.99. The van der Waals surface area contributed by atoms with E-state index in [1.165, 1.54) is 6.07 Å². The third kappa shape index (κ3) is 11.9. The Labute approximate surface area is 155 Å². The smallest absolute Gasteiger partial charge is 0.350 e. The summed E-state index contributed by atoms with van der Waals surface area (Å²) in [6.07, 6.45) is -2.72. The molecule has 2 atom stereocenters. The van der Waals surface area contributed by atoms with Gasteiger partial charge in [-0.05, 0) is 13.8 Å². The molecule has 1 rings (SSSR count). The fourth-order valence-corrected chi connectivity index (χ4v) is 2.42. The molecule has 0 saturated carbocycles. The maximum absolute atomic E-state index is 10.7. The standard InChI is InChI=1S/C12H23N3O10P2/c1-8(24-6-26(16,17)18)4-22-10-3-11(15-12(13)14-10)23-5-9(2)25-7-27(19,20)21/h3,8-9H,4-7H2,1-2H3,(H2,13,14,15)(H2,16,17,18)(H2,19,20,21)/t8-,9-/m0/s1. The lowest BCUT2D eigenvalue weighted by Crippen LogP contribution is -2.20. The molecule has 13 nitrogen and oxygen atoms in total. The monoisotopic (exact) mass is 431 g/mol. The van der Waals surface area contributed by atoms with Crippen molar-refractivity contribution in [2.24, 2.45) is 0 Å². The summed E-state index contributed by atoms with van der Waals surface area (Å²) in [4.78, 5) is 42.7. The Morgan fingerprint density at radius 3 is 1.63 bits per heavy atom. The van der Waals surface area contributed by atoms with Crippen molar-refractivity contribution in [3.63, 3.8) is 0 Å². The number of ether oxygens (including phenoxy) is 4. The summed E-state index contributed by atoms with van der Waals surface area (Å²) in [5.74, 6) is -0.0454. The molecule has 1 aromatic heterocycles. The Morgan fingerprint density at radius 2 is 1.30 bits per heavy atom. The molecule has 6 N–H and O–H groups in total. The molecule has 156 valence electrons. The molecule has 0 aliphatic rings. The van der Waals surface area contributed by atoms with Crippen LogP contribution >= 0.6 is 15.2 Å². The molecule has 15 heteroatoms. The van der Waals surface area contributed by atoms with E-state index in [9.17, 15) is 9.13 Å². The average Bonchev–Trinajstić information content (AvgIpc) is 2.52. The molecule has 0 aromatic carbocycles. The molecule has 0 unspecified atom stereocenters. The van der Waals surface area contributed by atoms with Crippen molar-refractivity contribution in [1.82, 2.24) is 9.97 Å². The van der Waals surface area contributed by atoms with Crippen LogP contribution in [0.1, 0.15) is 13.8 Å². The molecule has 1 heterocycles. The topological polar surface area (TPSA) is 204 Å². The highest BCUT2D eigenvalue weighted by molar-refractivity contribution is 7.51. The van der Waals surface area contributed by atoms with E-state index in [2.05, 4.69) is 9.97 Å². The van der Waals surface area contributed by atoms with E-state index in [-0.39, 0.29) is 30.9 Å². The summed E-state index contributed by atoms with van der Waals surface area (Å²) >= 11 is 0. The number of nitrogen functional groups attached to an aromatic ring is 1. The van der Waals surface area contributed by atoms with Crippen molar-refractivity contribution in [2.45, 2.75) is 26.1 Å². The zero-order chi connectivity index (χ0) is 20.7. The van der Waals surface area contributed by atoms with Gasteiger partial charge in [0.15, 0.2) is 0 Å². The van der Waals surface area contributed by atoms with Gasteiger partial charge >= 0.3 is 15.2 Å². The van der Waals surface area contributed by atoms with Gasteiger partial charge in [0, 0.05) is 0 Å². The number of hydrogen-bond acceptors (Lipinski definition) is 9. The average molecular weight is 431 g/mol. The largest absolute Gasteiger partial charge is 0.475 e. The van der Waals surface area contributed by atoms with E-state index >= 15 is 0 Å².